The number of rotatable bonds is 6. The van der Waals surface area contributed by atoms with E-state index >= 15 is 0 Å². The van der Waals surface area contributed by atoms with Crippen LogP contribution in [0.3, 0.4) is 0 Å². The molecular formula is C31H34N4O5. The van der Waals surface area contributed by atoms with Crippen LogP contribution in [-0.2, 0) is 23.1 Å². The second-order valence-corrected chi connectivity index (χ2v) is 11.3. The van der Waals surface area contributed by atoms with Gasteiger partial charge < -0.3 is 25.2 Å². The number of aliphatic hydroxyl groups is 1. The summed E-state index contributed by atoms with van der Waals surface area (Å²) in [5.41, 5.74) is 2.61. The van der Waals surface area contributed by atoms with E-state index < -0.39 is 11.0 Å². The third kappa shape index (κ3) is 4.15. The van der Waals surface area contributed by atoms with E-state index in [1.54, 1.807) is 18.5 Å². The number of likely N-dealkylation sites (tertiary alicyclic amines) is 1. The lowest BCUT2D eigenvalue weighted by Crippen LogP contribution is -2.72. The monoisotopic (exact) mass is 542 g/mol. The molecular weight excluding hydrogens is 508 g/mol. The molecule has 1 saturated heterocycles. The zero-order chi connectivity index (χ0) is 28.1. The van der Waals surface area contributed by atoms with Gasteiger partial charge in [0, 0.05) is 54.4 Å². The minimum atomic E-state index is -1.11. The fourth-order valence-electron chi connectivity index (χ4n) is 7.16. The molecule has 3 aliphatic rings. The second kappa shape index (κ2) is 9.98. The largest absolute Gasteiger partial charge is 0.507 e. The molecule has 3 N–H and O–H groups in total. The van der Waals surface area contributed by atoms with Crippen molar-refractivity contribution in [2.45, 2.75) is 55.6 Å². The molecule has 2 unspecified atom stereocenters. The summed E-state index contributed by atoms with van der Waals surface area (Å²) in [7, 11) is 3.54. The summed E-state index contributed by atoms with van der Waals surface area (Å²) in [6.07, 6.45) is 6.08. The Labute approximate surface area is 233 Å². The maximum atomic E-state index is 13.2. The van der Waals surface area contributed by atoms with Crippen LogP contribution in [0.2, 0.25) is 0 Å². The number of likely N-dealkylation sites (N-methyl/N-ethyl adjacent to an activating group) is 1. The van der Waals surface area contributed by atoms with E-state index in [1.807, 2.05) is 37.4 Å². The number of hydrogen-bond acceptors (Lipinski definition) is 8. The van der Waals surface area contributed by atoms with Crippen LogP contribution in [0, 0.1) is 0 Å². The number of nitrogens with zero attached hydrogens (tertiary/aromatic N) is 3. The Balaban J connectivity index is 1.18. The van der Waals surface area contributed by atoms with Crippen LogP contribution in [0.1, 0.15) is 52.7 Å². The molecule has 40 heavy (non-hydrogen) atoms. The molecule has 0 radical (unpaired) electrons. The summed E-state index contributed by atoms with van der Waals surface area (Å²) < 4.78 is 5.01. The van der Waals surface area contributed by atoms with Gasteiger partial charge in [0.2, 0.25) is 0 Å². The highest BCUT2D eigenvalue weighted by atomic mass is 16.5. The van der Waals surface area contributed by atoms with E-state index in [1.165, 1.54) is 7.11 Å². The van der Waals surface area contributed by atoms with Gasteiger partial charge in [0.25, 0.3) is 5.91 Å². The van der Waals surface area contributed by atoms with E-state index in [9.17, 15) is 19.8 Å². The zero-order valence-electron chi connectivity index (χ0n) is 22.8. The Bertz CT molecular complexity index is 1460. The topological polar surface area (TPSA) is 125 Å². The molecule has 2 aromatic carbocycles. The van der Waals surface area contributed by atoms with Crippen molar-refractivity contribution < 1.29 is 24.5 Å². The van der Waals surface area contributed by atoms with Crippen LogP contribution in [0.5, 0.6) is 11.8 Å². The number of aromatic nitrogens is 2. The fraction of sp³-hybridized carbons (Fsp3) is 0.419. The molecule has 9 heteroatoms. The number of carbonyl (C=O) groups excluding carboxylic acids is 2. The average molecular weight is 543 g/mol. The van der Waals surface area contributed by atoms with Crippen molar-refractivity contribution in [2.24, 2.45) is 0 Å². The molecule has 2 fully saturated rings. The van der Waals surface area contributed by atoms with Gasteiger partial charge in [-0.1, -0.05) is 30.3 Å². The van der Waals surface area contributed by atoms with Gasteiger partial charge in [0.1, 0.15) is 11.5 Å². The molecule has 1 aromatic heterocycles. The van der Waals surface area contributed by atoms with Gasteiger partial charge in [-0.15, -0.1) is 0 Å². The lowest BCUT2D eigenvalue weighted by molar-refractivity contribution is -0.169. The highest BCUT2D eigenvalue weighted by molar-refractivity contribution is 5.98. The number of methoxy groups -OCH3 is 1. The smallest absolute Gasteiger partial charge is 0.316 e. The number of hydrogen-bond donors (Lipinski definition) is 3. The van der Waals surface area contributed by atoms with E-state index in [4.69, 9.17) is 4.74 Å². The number of phenolic OH excluding ortho intramolecular Hbond substituents is 1. The molecule has 0 spiro atoms. The number of amides is 1. The number of ketones is 1. The number of nitrogens with one attached hydrogen (secondary N) is 1. The number of Topliss-reactive ketones (excluding diaryl/α,β-unsaturated/α-hetero) is 1. The van der Waals surface area contributed by atoms with Crippen molar-refractivity contribution in [3.63, 3.8) is 0 Å². The van der Waals surface area contributed by atoms with Crippen LogP contribution in [0.25, 0.3) is 11.1 Å². The van der Waals surface area contributed by atoms with Crippen molar-refractivity contribution in [2.75, 3.05) is 27.2 Å². The number of carbonyl (C=O) groups is 2. The zero-order valence-corrected chi connectivity index (χ0v) is 22.8. The predicted octanol–water partition coefficient (Wildman–Crippen LogP) is 2.81. The Morgan fingerprint density at radius 3 is 2.60 bits per heavy atom. The average Bonchev–Trinajstić information content (AvgIpc) is 2.96. The van der Waals surface area contributed by atoms with Gasteiger partial charge in [-0.05, 0) is 62.0 Å². The standard InChI is InChI=1S/C31H34N4O5/c1-35-14-12-30-16-23(36)9-11-31(30,39)25(35)15-21-7-8-24(27(37)26(21)30)28(38)32-13-10-19-3-5-20(6-4-19)22-17-33-29(40-2)34-18-22/h3-8,17-18,25,37,39H,9-16H2,1-2H3,(H,32,38)/t25?,30-,31?/m1/s1. The summed E-state index contributed by atoms with van der Waals surface area (Å²) in [4.78, 5) is 36.4. The molecule has 9 nitrogen and oxygen atoms in total. The number of ether oxygens (including phenoxy) is 1. The van der Waals surface area contributed by atoms with E-state index in [0.717, 1.165) is 28.8 Å². The summed E-state index contributed by atoms with van der Waals surface area (Å²) in [6, 6.07) is 11.7. The van der Waals surface area contributed by atoms with Gasteiger partial charge in [-0.25, -0.2) is 9.97 Å². The maximum Gasteiger partial charge on any atom is 0.316 e. The van der Waals surface area contributed by atoms with E-state index in [0.29, 0.717) is 50.2 Å². The van der Waals surface area contributed by atoms with Gasteiger partial charge in [0.15, 0.2) is 0 Å². The SMILES string of the molecule is COc1ncc(-c2ccc(CCNC(=O)c3ccc4c(c3O)[C@]35CCN(C)C(C4)C3(O)CCC(=O)C5)cc2)cn1. The van der Waals surface area contributed by atoms with Crippen LogP contribution in [0.15, 0.2) is 48.8 Å². The van der Waals surface area contributed by atoms with Crippen molar-refractivity contribution >= 4 is 11.7 Å². The van der Waals surface area contributed by atoms with Crippen molar-refractivity contribution in [1.82, 2.24) is 20.2 Å². The summed E-state index contributed by atoms with van der Waals surface area (Å²) in [5.74, 6) is -0.373. The minimum absolute atomic E-state index is 0.0978. The number of piperidine rings is 1. The van der Waals surface area contributed by atoms with Crippen molar-refractivity contribution in [3.05, 3.63) is 71.0 Å². The van der Waals surface area contributed by atoms with Gasteiger partial charge >= 0.3 is 6.01 Å². The highest BCUT2D eigenvalue weighted by Crippen LogP contribution is 2.59. The maximum absolute atomic E-state index is 13.2. The molecule has 6 rings (SSSR count). The highest BCUT2D eigenvalue weighted by Gasteiger charge is 2.65. The lowest BCUT2D eigenvalue weighted by atomic mass is 9.49. The molecule has 2 aliphatic carbocycles. The molecule has 3 atom stereocenters. The fourth-order valence-corrected chi connectivity index (χ4v) is 7.16. The number of aromatic hydroxyl groups is 1. The number of fused-ring (bicyclic) bond motifs is 1. The van der Waals surface area contributed by atoms with Crippen LogP contribution < -0.4 is 10.1 Å². The Morgan fingerprint density at radius 2 is 1.88 bits per heavy atom. The van der Waals surface area contributed by atoms with Crippen LogP contribution in [0.4, 0.5) is 0 Å². The Hall–Kier alpha value is -3.82. The van der Waals surface area contributed by atoms with Crippen LogP contribution in [-0.4, -0.2) is 75.7 Å². The quantitative estimate of drug-likeness (QED) is 0.434. The first kappa shape index (κ1) is 26.4. The third-order valence-corrected chi connectivity index (χ3v) is 9.29. The number of benzene rings is 2. The summed E-state index contributed by atoms with van der Waals surface area (Å²) in [6.45, 7) is 1.11. The van der Waals surface area contributed by atoms with Crippen LogP contribution >= 0.6 is 0 Å². The first-order chi connectivity index (χ1) is 19.3. The molecule has 1 amide bonds. The van der Waals surface area contributed by atoms with E-state index in [-0.39, 0.29) is 35.5 Å². The number of phenols is 1. The van der Waals surface area contributed by atoms with Gasteiger partial charge in [-0.2, -0.15) is 0 Å². The second-order valence-electron chi connectivity index (χ2n) is 11.3. The normalized spacial score (nSPS) is 25.6. The summed E-state index contributed by atoms with van der Waals surface area (Å²) >= 11 is 0. The van der Waals surface area contributed by atoms with Crippen molar-refractivity contribution in [1.29, 1.82) is 0 Å². The Kier molecular flexibility index (Phi) is 6.59. The molecule has 1 saturated carbocycles. The first-order valence-electron chi connectivity index (χ1n) is 13.8. The molecule has 3 aromatic rings. The summed E-state index contributed by atoms with van der Waals surface area (Å²) in [5, 5.41) is 26.4. The molecule has 2 bridgehead atoms. The van der Waals surface area contributed by atoms with Crippen molar-refractivity contribution in [3.8, 4) is 22.9 Å². The third-order valence-electron chi connectivity index (χ3n) is 9.29. The molecule has 1 aliphatic heterocycles. The lowest BCUT2D eigenvalue weighted by Gasteiger charge is -2.62. The molecule has 2 heterocycles. The van der Waals surface area contributed by atoms with Gasteiger partial charge in [-0.3, -0.25) is 9.59 Å². The van der Waals surface area contributed by atoms with E-state index in [2.05, 4.69) is 20.2 Å². The minimum Gasteiger partial charge on any atom is -0.507 e. The van der Waals surface area contributed by atoms with Gasteiger partial charge in [0.05, 0.1) is 18.3 Å². The predicted molar refractivity (Wildman–Crippen MR) is 148 cm³/mol. The Morgan fingerprint density at radius 1 is 1.12 bits per heavy atom. The molecule has 208 valence electrons. The first-order valence-corrected chi connectivity index (χ1v) is 13.8.